The number of nitrogens with zero attached hydrogens (tertiary/aromatic N) is 2. The number of methoxy groups -OCH3 is 1. The molecule has 0 saturated heterocycles. The number of rotatable bonds is 8. The van der Waals surface area contributed by atoms with E-state index in [1.165, 1.54) is 5.69 Å². The van der Waals surface area contributed by atoms with Gasteiger partial charge in [0.05, 0.1) is 19.0 Å². The lowest BCUT2D eigenvalue weighted by Gasteiger charge is -2.18. The molecule has 0 bridgehead atoms. The summed E-state index contributed by atoms with van der Waals surface area (Å²) in [5.74, 6) is 2.05. The van der Waals surface area contributed by atoms with Crippen molar-refractivity contribution in [3.8, 4) is 5.75 Å². The van der Waals surface area contributed by atoms with Crippen LogP contribution in [0.5, 0.6) is 5.75 Å². The highest BCUT2D eigenvalue weighted by atomic mass is 16.5. The lowest BCUT2D eigenvalue weighted by atomic mass is 10.0. The molecule has 0 aliphatic rings. The van der Waals surface area contributed by atoms with Crippen LogP contribution in [0.1, 0.15) is 58.7 Å². The third kappa shape index (κ3) is 4.53. The van der Waals surface area contributed by atoms with Gasteiger partial charge in [-0.3, -0.25) is 4.68 Å². The number of hydrogen-bond acceptors (Lipinski definition) is 3. The van der Waals surface area contributed by atoms with E-state index in [0.717, 1.165) is 25.3 Å². The minimum absolute atomic E-state index is 0.366. The smallest absolute Gasteiger partial charge is 0.160 e. The molecule has 1 aromatic rings. The molecule has 1 rings (SSSR count). The van der Waals surface area contributed by atoms with Crippen molar-refractivity contribution in [2.45, 2.75) is 53.0 Å². The highest BCUT2D eigenvalue weighted by Crippen LogP contribution is 2.30. The number of hydrogen-bond donors (Lipinski definition) is 1. The highest BCUT2D eigenvalue weighted by molar-refractivity contribution is 5.28. The largest absolute Gasteiger partial charge is 0.493 e. The molecule has 0 spiro atoms. The second-order valence-corrected chi connectivity index (χ2v) is 5.92. The standard InChI is InChI=1S/C15H29N3O/c1-11(2)9-16-8-7-13(5)15-14(19-6)10-17-18(15)12(3)4/h10-13,16H,7-9H2,1-6H3. The van der Waals surface area contributed by atoms with Gasteiger partial charge in [-0.05, 0) is 39.3 Å². The molecule has 1 heterocycles. The molecular weight excluding hydrogens is 238 g/mol. The molecule has 0 saturated carbocycles. The van der Waals surface area contributed by atoms with Crippen LogP contribution in [-0.4, -0.2) is 30.0 Å². The van der Waals surface area contributed by atoms with Gasteiger partial charge in [0.2, 0.25) is 0 Å². The monoisotopic (exact) mass is 267 g/mol. The second-order valence-electron chi connectivity index (χ2n) is 5.92. The first-order valence-electron chi connectivity index (χ1n) is 7.29. The molecule has 19 heavy (non-hydrogen) atoms. The van der Waals surface area contributed by atoms with E-state index >= 15 is 0 Å². The van der Waals surface area contributed by atoms with E-state index in [0.29, 0.717) is 17.9 Å². The van der Waals surface area contributed by atoms with Gasteiger partial charge in [-0.1, -0.05) is 20.8 Å². The van der Waals surface area contributed by atoms with Crippen LogP contribution in [0.25, 0.3) is 0 Å². The van der Waals surface area contributed by atoms with Crippen LogP contribution in [-0.2, 0) is 0 Å². The van der Waals surface area contributed by atoms with Gasteiger partial charge in [-0.2, -0.15) is 5.10 Å². The molecule has 1 N–H and O–H groups in total. The Morgan fingerprint density at radius 2 is 1.95 bits per heavy atom. The maximum atomic E-state index is 5.44. The molecule has 0 aromatic carbocycles. The van der Waals surface area contributed by atoms with Crippen molar-refractivity contribution in [2.24, 2.45) is 5.92 Å². The molecular formula is C15H29N3O. The van der Waals surface area contributed by atoms with Crippen LogP contribution in [0.15, 0.2) is 6.20 Å². The summed E-state index contributed by atoms with van der Waals surface area (Å²) in [7, 11) is 1.72. The van der Waals surface area contributed by atoms with Crippen molar-refractivity contribution in [1.82, 2.24) is 15.1 Å². The summed E-state index contributed by atoms with van der Waals surface area (Å²) in [4.78, 5) is 0. The van der Waals surface area contributed by atoms with E-state index in [2.05, 4.69) is 49.7 Å². The first kappa shape index (κ1) is 16.0. The Balaban J connectivity index is 2.64. The maximum Gasteiger partial charge on any atom is 0.160 e. The molecule has 0 aliphatic heterocycles. The summed E-state index contributed by atoms with van der Waals surface area (Å²) in [5.41, 5.74) is 1.21. The van der Waals surface area contributed by atoms with E-state index in [4.69, 9.17) is 4.74 Å². The van der Waals surface area contributed by atoms with Gasteiger partial charge in [0.25, 0.3) is 0 Å². The summed E-state index contributed by atoms with van der Waals surface area (Å²) in [6.45, 7) is 13.1. The highest BCUT2D eigenvalue weighted by Gasteiger charge is 2.19. The first-order valence-corrected chi connectivity index (χ1v) is 7.29. The van der Waals surface area contributed by atoms with Gasteiger partial charge in [-0.15, -0.1) is 0 Å². The Bertz CT molecular complexity index is 371. The predicted octanol–water partition coefficient (Wildman–Crippen LogP) is 3.21. The molecule has 1 aromatic heterocycles. The lowest BCUT2D eigenvalue weighted by Crippen LogP contribution is -2.22. The van der Waals surface area contributed by atoms with Crippen molar-refractivity contribution < 1.29 is 4.74 Å². The zero-order chi connectivity index (χ0) is 14.4. The average Bonchev–Trinajstić information content (AvgIpc) is 2.77. The molecule has 0 fully saturated rings. The number of nitrogens with one attached hydrogen (secondary N) is 1. The molecule has 0 radical (unpaired) electrons. The quantitative estimate of drug-likeness (QED) is 0.735. The molecule has 1 atom stereocenters. The first-order chi connectivity index (χ1) is 8.97. The van der Waals surface area contributed by atoms with Gasteiger partial charge < -0.3 is 10.1 Å². The van der Waals surface area contributed by atoms with E-state index in [1.807, 2.05) is 6.20 Å². The Kier molecular flexibility index (Phi) is 6.35. The summed E-state index contributed by atoms with van der Waals surface area (Å²) in [6.07, 6.45) is 2.93. The van der Waals surface area contributed by atoms with E-state index in [9.17, 15) is 0 Å². The van der Waals surface area contributed by atoms with Crippen LogP contribution in [0.4, 0.5) is 0 Å². The third-order valence-electron chi connectivity index (χ3n) is 3.28. The predicted molar refractivity (Wildman–Crippen MR) is 79.9 cm³/mol. The minimum atomic E-state index is 0.366. The van der Waals surface area contributed by atoms with Crippen LogP contribution in [0, 0.1) is 5.92 Å². The topological polar surface area (TPSA) is 39.1 Å². The fourth-order valence-corrected chi connectivity index (χ4v) is 2.24. The van der Waals surface area contributed by atoms with Gasteiger partial charge in [-0.25, -0.2) is 0 Å². The SMILES string of the molecule is COc1cnn(C(C)C)c1C(C)CCNCC(C)C. The minimum Gasteiger partial charge on any atom is -0.493 e. The Hall–Kier alpha value is -1.03. The van der Waals surface area contributed by atoms with Gasteiger partial charge in [0.1, 0.15) is 0 Å². The fourth-order valence-electron chi connectivity index (χ4n) is 2.24. The Morgan fingerprint density at radius 1 is 1.26 bits per heavy atom. The van der Waals surface area contributed by atoms with Crippen molar-refractivity contribution in [3.63, 3.8) is 0 Å². The molecule has 0 aliphatic carbocycles. The average molecular weight is 267 g/mol. The van der Waals surface area contributed by atoms with Crippen LogP contribution in [0.3, 0.4) is 0 Å². The second kappa shape index (κ2) is 7.53. The van der Waals surface area contributed by atoms with Crippen LogP contribution in [0.2, 0.25) is 0 Å². The molecule has 1 unspecified atom stereocenters. The van der Waals surface area contributed by atoms with Crippen molar-refractivity contribution >= 4 is 0 Å². The van der Waals surface area contributed by atoms with Crippen LogP contribution < -0.4 is 10.1 Å². The summed E-state index contributed by atoms with van der Waals surface area (Å²) >= 11 is 0. The fraction of sp³-hybridized carbons (Fsp3) is 0.800. The number of aromatic nitrogens is 2. The molecule has 0 amide bonds. The number of ether oxygens (including phenoxy) is 1. The summed E-state index contributed by atoms with van der Waals surface area (Å²) in [5, 5.41) is 7.93. The van der Waals surface area contributed by atoms with Gasteiger partial charge >= 0.3 is 0 Å². The van der Waals surface area contributed by atoms with Gasteiger partial charge in [0, 0.05) is 12.0 Å². The van der Waals surface area contributed by atoms with E-state index in [1.54, 1.807) is 7.11 Å². The maximum absolute atomic E-state index is 5.44. The molecule has 4 heteroatoms. The third-order valence-corrected chi connectivity index (χ3v) is 3.28. The summed E-state index contributed by atoms with van der Waals surface area (Å²) in [6, 6.07) is 0.366. The van der Waals surface area contributed by atoms with E-state index < -0.39 is 0 Å². The molecule has 4 nitrogen and oxygen atoms in total. The zero-order valence-corrected chi connectivity index (χ0v) is 13.2. The van der Waals surface area contributed by atoms with Crippen molar-refractivity contribution in [1.29, 1.82) is 0 Å². The Labute approximate surface area is 117 Å². The Morgan fingerprint density at radius 3 is 2.47 bits per heavy atom. The lowest BCUT2D eigenvalue weighted by molar-refractivity contribution is 0.394. The molecule has 110 valence electrons. The normalized spacial score (nSPS) is 13.3. The van der Waals surface area contributed by atoms with Crippen molar-refractivity contribution in [2.75, 3.05) is 20.2 Å². The van der Waals surface area contributed by atoms with Crippen molar-refractivity contribution in [3.05, 3.63) is 11.9 Å². The van der Waals surface area contributed by atoms with Gasteiger partial charge in [0.15, 0.2) is 5.75 Å². The summed E-state index contributed by atoms with van der Waals surface area (Å²) < 4.78 is 7.51. The van der Waals surface area contributed by atoms with E-state index in [-0.39, 0.29) is 0 Å². The van der Waals surface area contributed by atoms with Crippen LogP contribution >= 0.6 is 0 Å². The zero-order valence-electron chi connectivity index (χ0n) is 13.2.